The van der Waals surface area contributed by atoms with E-state index in [1.165, 1.54) is 0 Å². The van der Waals surface area contributed by atoms with Gasteiger partial charge in [0.2, 0.25) is 0 Å². The number of benzene rings is 2. The molecule has 1 aliphatic rings. The summed E-state index contributed by atoms with van der Waals surface area (Å²) in [5.74, 6) is 0.777. The fraction of sp³-hybridized carbons (Fsp3) is 0.316. The standard InChI is InChI=1S/C19H20N2O5/c1-25-13-4-2-3-11(7-13)12-5-6-15-14(8-12)20-10-21(15)19-18(24)17(23)16(9-22)26-19/h2-8,10,16-19,22-24H,9H2,1H3/t16-,17-,18-,19-/m1/s1. The summed E-state index contributed by atoms with van der Waals surface area (Å²) in [5.41, 5.74) is 3.51. The average Bonchev–Trinajstić information content (AvgIpc) is 3.22. The number of aromatic nitrogens is 2. The van der Waals surface area contributed by atoms with Crippen LogP contribution in [0.1, 0.15) is 6.23 Å². The highest BCUT2D eigenvalue weighted by atomic mass is 16.6. The maximum Gasteiger partial charge on any atom is 0.164 e. The minimum absolute atomic E-state index is 0.360. The molecule has 4 atom stereocenters. The van der Waals surface area contributed by atoms with Crippen LogP contribution in [0, 0.1) is 0 Å². The molecule has 3 aromatic rings. The van der Waals surface area contributed by atoms with Crippen molar-refractivity contribution in [2.24, 2.45) is 0 Å². The Morgan fingerprint density at radius 3 is 2.65 bits per heavy atom. The first-order chi connectivity index (χ1) is 12.6. The van der Waals surface area contributed by atoms with Crippen LogP contribution in [0.2, 0.25) is 0 Å². The Balaban J connectivity index is 1.70. The third-order valence-corrected chi connectivity index (χ3v) is 4.77. The average molecular weight is 356 g/mol. The Morgan fingerprint density at radius 1 is 1.12 bits per heavy atom. The van der Waals surface area contributed by atoms with E-state index < -0.39 is 24.5 Å². The number of methoxy groups -OCH3 is 1. The van der Waals surface area contributed by atoms with Crippen molar-refractivity contribution in [3.05, 3.63) is 48.8 Å². The van der Waals surface area contributed by atoms with E-state index in [1.807, 2.05) is 42.5 Å². The molecule has 136 valence electrons. The zero-order valence-electron chi connectivity index (χ0n) is 14.2. The van der Waals surface area contributed by atoms with E-state index in [2.05, 4.69) is 4.98 Å². The van der Waals surface area contributed by atoms with Crippen LogP contribution in [0.5, 0.6) is 5.75 Å². The quantitative estimate of drug-likeness (QED) is 0.652. The number of aliphatic hydroxyl groups excluding tert-OH is 3. The molecule has 0 radical (unpaired) electrons. The number of fused-ring (bicyclic) bond motifs is 1. The van der Waals surface area contributed by atoms with E-state index in [9.17, 15) is 15.3 Å². The van der Waals surface area contributed by atoms with Gasteiger partial charge in [0.15, 0.2) is 6.23 Å². The minimum Gasteiger partial charge on any atom is -0.497 e. The highest BCUT2D eigenvalue weighted by molar-refractivity contribution is 5.82. The highest BCUT2D eigenvalue weighted by Crippen LogP contribution is 2.33. The first kappa shape index (κ1) is 17.0. The predicted molar refractivity (Wildman–Crippen MR) is 94.7 cm³/mol. The van der Waals surface area contributed by atoms with Crippen molar-refractivity contribution in [1.29, 1.82) is 0 Å². The third-order valence-electron chi connectivity index (χ3n) is 4.77. The predicted octanol–water partition coefficient (Wildman–Crippen LogP) is 1.32. The molecule has 0 amide bonds. The summed E-state index contributed by atoms with van der Waals surface area (Å²) < 4.78 is 12.5. The van der Waals surface area contributed by atoms with E-state index in [1.54, 1.807) is 18.0 Å². The van der Waals surface area contributed by atoms with Crippen LogP contribution in [-0.4, -0.2) is 56.9 Å². The molecular weight excluding hydrogens is 336 g/mol. The molecule has 26 heavy (non-hydrogen) atoms. The summed E-state index contributed by atoms with van der Waals surface area (Å²) in [5, 5.41) is 29.4. The van der Waals surface area contributed by atoms with Crippen molar-refractivity contribution in [1.82, 2.24) is 9.55 Å². The second-order valence-corrected chi connectivity index (χ2v) is 6.32. The molecule has 1 saturated heterocycles. The molecule has 0 aliphatic carbocycles. The van der Waals surface area contributed by atoms with Crippen LogP contribution in [0.4, 0.5) is 0 Å². The van der Waals surface area contributed by atoms with E-state index >= 15 is 0 Å². The number of nitrogens with zero attached hydrogens (tertiary/aromatic N) is 2. The molecule has 0 unspecified atom stereocenters. The second-order valence-electron chi connectivity index (χ2n) is 6.32. The Kier molecular flexibility index (Phi) is 4.37. The molecule has 1 aliphatic heterocycles. The van der Waals surface area contributed by atoms with Gasteiger partial charge in [0.05, 0.1) is 31.1 Å². The summed E-state index contributed by atoms with van der Waals surface area (Å²) >= 11 is 0. The second kappa shape index (κ2) is 6.69. The van der Waals surface area contributed by atoms with Crippen molar-refractivity contribution >= 4 is 11.0 Å². The summed E-state index contributed by atoms with van der Waals surface area (Å²) in [6.45, 7) is -0.360. The monoisotopic (exact) mass is 356 g/mol. The van der Waals surface area contributed by atoms with Crippen LogP contribution in [0.25, 0.3) is 22.2 Å². The molecule has 2 heterocycles. The van der Waals surface area contributed by atoms with Gasteiger partial charge in [0.25, 0.3) is 0 Å². The first-order valence-electron chi connectivity index (χ1n) is 8.36. The SMILES string of the molecule is COc1cccc(-c2ccc3c(c2)ncn3[C@@H]2O[C@H](CO)[C@@H](O)[C@H]2O)c1. The van der Waals surface area contributed by atoms with Gasteiger partial charge in [-0.1, -0.05) is 18.2 Å². The van der Waals surface area contributed by atoms with Crippen LogP contribution in [0.3, 0.4) is 0 Å². The number of rotatable bonds is 4. The topological polar surface area (TPSA) is 97.0 Å². The van der Waals surface area contributed by atoms with Crippen LogP contribution >= 0.6 is 0 Å². The summed E-state index contributed by atoms with van der Waals surface area (Å²) in [6.07, 6.45) is -2.32. The molecular formula is C19H20N2O5. The fourth-order valence-electron chi connectivity index (χ4n) is 3.33. The first-order valence-corrected chi connectivity index (χ1v) is 8.36. The number of hydrogen-bond acceptors (Lipinski definition) is 6. The van der Waals surface area contributed by atoms with Gasteiger partial charge in [0.1, 0.15) is 24.1 Å². The molecule has 1 fully saturated rings. The zero-order valence-corrected chi connectivity index (χ0v) is 14.2. The number of hydrogen-bond donors (Lipinski definition) is 3. The molecule has 3 N–H and O–H groups in total. The lowest BCUT2D eigenvalue weighted by Gasteiger charge is -2.17. The third kappa shape index (κ3) is 2.75. The van der Waals surface area contributed by atoms with Crippen molar-refractivity contribution in [2.75, 3.05) is 13.7 Å². The smallest absolute Gasteiger partial charge is 0.164 e. The van der Waals surface area contributed by atoms with Gasteiger partial charge in [-0.2, -0.15) is 0 Å². The van der Waals surface area contributed by atoms with Crippen LogP contribution in [-0.2, 0) is 4.74 Å². The van der Waals surface area contributed by atoms with Gasteiger partial charge in [-0.05, 0) is 35.4 Å². The molecule has 7 heteroatoms. The number of imidazole rings is 1. The van der Waals surface area contributed by atoms with Gasteiger partial charge in [-0.15, -0.1) is 0 Å². The molecule has 1 aromatic heterocycles. The highest BCUT2D eigenvalue weighted by Gasteiger charge is 2.43. The lowest BCUT2D eigenvalue weighted by atomic mass is 10.0. The van der Waals surface area contributed by atoms with E-state index in [-0.39, 0.29) is 6.61 Å². The Morgan fingerprint density at radius 2 is 1.92 bits per heavy atom. The van der Waals surface area contributed by atoms with Gasteiger partial charge in [-0.25, -0.2) is 4.98 Å². The normalized spacial score (nSPS) is 25.7. The van der Waals surface area contributed by atoms with Gasteiger partial charge < -0.3 is 29.4 Å². The largest absolute Gasteiger partial charge is 0.497 e. The lowest BCUT2D eigenvalue weighted by Crippen LogP contribution is -2.33. The zero-order chi connectivity index (χ0) is 18.3. The van der Waals surface area contributed by atoms with Crippen LogP contribution < -0.4 is 4.74 Å². The van der Waals surface area contributed by atoms with E-state index in [4.69, 9.17) is 9.47 Å². The van der Waals surface area contributed by atoms with Crippen molar-refractivity contribution < 1.29 is 24.8 Å². The van der Waals surface area contributed by atoms with Crippen LogP contribution in [0.15, 0.2) is 48.8 Å². The Labute approximate surface area is 150 Å². The maximum absolute atomic E-state index is 10.2. The fourth-order valence-corrected chi connectivity index (χ4v) is 3.33. The molecule has 0 saturated carbocycles. The molecule has 0 bridgehead atoms. The number of aliphatic hydroxyl groups is 3. The van der Waals surface area contributed by atoms with Crippen molar-refractivity contribution in [3.8, 4) is 16.9 Å². The Hall–Kier alpha value is -2.45. The van der Waals surface area contributed by atoms with Crippen molar-refractivity contribution in [2.45, 2.75) is 24.5 Å². The number of ether oxygens (including phenoxy) is 2. The molecule has 0 spiro atoms. The van der Waals surface area contributed by atoms with Gasteiger partial charge in [-0.3, -0.25) is 0 Å². The lowest BCUT2D eigenvalue weighted by molar-refractivity contribution is -0.0508. The summed E-state index contributed by atoms with van der Waals surface area (Å²) in [7, 11) is 1.63. The van der Waals surface area contributed by atoms with Gasteiger partial charge >= 0.3 is 0 Å². The van der Waals surface area contributed by atoms with E-state index in [0.717, 1.165) is 27.9 Å². The molecule has 2 aromatic carbocycles. The summed E-state index contributed by atoms with van der Waals surface area (Å²) in [4.78, 5) is 4.40. The van der Waals surface area contributed by atoms with Crippen molar-refractivity contribution in [3.63, 3.8) is 0 Å². The summed E-state index contributed by atoms with van der Waals surface area (Å²) in [6, 6.07) is 13.6. The Bertz CT molecular complexity index is 925. The minimum atomic E-state index is -1.14. The van der Waals surface area contributed by atoms with E-state index in [0.29, 0.717) is 0 Å². The van der Waals surface area contributed by atoms with Gasteiger partial charge in [0, 0.05) is 0 Å². The maximum atomic E-state index is 10.2. The molecule has 4 rings (SSSR count). The molecule has 7 nitrogen and oxygen atoms in total.